The van der Waals surface area contributed by atoms with E-state index >= 15 is 0 Å². The smallest absolute Gasteiger partial charge is 0.337 e. The summed E-state index contributed by atoms with van der Waals surface area (Å²) < 4.78 is 4.69. The highest BCUT2D eigenvalue weighted by molar-refractivity contribution is 5.89. The van der Waals surface area contributed by atoms with Crippen LogP contribution in [0.3, 0.4) is 0 Å². The van der Waals surface area contributed by atoms with Crippen LogP contribution in [0.5, 0.6) is 0 Å². The number of halogens is 1. The topological polar surface area (TPSA) is 52.3 Å². The number of methoxy groups -OCH3 is 1. The van der Waals surface area contributed by atoms with Crippen LogP contribution in [0, 0.1) is 5.92 Å². The molecule has 1 aromatic rings. The number of carbonyl (C=O) groups excluding carboxylic acids is 1. The molecule has 1 aromatic carbocycles. The van der Waals surface area contributed by atoms with Crippen molar-refractivity contribution in [1.29, 1.82) is 0 Å². The molecule has 0 heterocycles. The van der Waals surface area contributed by atoms with Crippen molar-refractivity contribution < 1.29 is 9.53 Å². The summed E-state index contributed by atoms with van der Waals surface area (Å²) in [6.07, 6.45) is 5.82. The molecule has 3 nitrogen and oxygen atoms in total. The number of esters is 1. The molecular formula is C15H22ClNO2. The predicted octanol–water partition coefficient (Wildman–Crippen LogP) is 2.96. The monoisotopic (exact) mass is 283 g/mol. The van der Waals surface area contributed by atoms with Crippen molar-refractivity contribution in [2.24, 2.45) is 11.7 Å². The second kappa shape index (κ2) is 7.51. The van der Waals surface area contributed by atoms with Gasteiger partial charge in [0.05, 0.1) is 12.7 Å². The van der Waals surface area contributed by atoms with Crippen molar-refractivity contribution in [3.8, 4) is 0 Å². The summed E-state index contributed by atoms with van der Waals surface area (Å²) in [7, 11) is 1.40. The second-order valence-electron chi connectivity index (χ2n) is 5.17. The van der Waals surface area contributed by atoms with Crippen molar-refractivity contribution in [3.63, 3.8) is 0 Å². The SMILES string of the molecule is COC(=O)c1ccc(CC2CCC(N)CC2)cc1.Cl. The number of nitrogens with two attached hydrogens (primary N) is 1. The number of ether oxygens (including phenoxy) is 1. The van der Waals surface area contributed by atoms with Gasteiger partial charge < -0.3 is 10.5 Å². The molecule has 1 aliphatic rings. The third kappa shape index (κ3) is 4.51. The second-order valence-corrected chi connectivity index (χ2v) is 5.17. The Morgan fingerprint density at radius 3 is 2.32 bits per heavy atom. The molecule has 0 unspecified atom stereocenters. The molecule has 19 heavy (non-hydrogen) atoms. The molecule has 0 spiro atoms. The predicted molar refractivity (Wildman–Crippen MR) is 78.7 cm³/mol. The van der Waals surface area contributed by atoms with Crippen LogP contribution in [0.2, 0.25) is 0 Å². The summed E-state index contributed by atoms with van der Waals surface area (Å²) in [6.45, 7) is 0. The Kier molecular flexibility index (Phi) is 6.32. The van der Waals surface area contributed by atoms with E-state index in [1.54, 1.807) is 0 Å². The van der Waals surface area contributed by atoms with Crippen LogP contribution in [0.25, 0.3) is 0 Å². The Hall–Kier alpha value is -1.06. The van der Waals surface area contributed by atoms with Crippen molar-refractivity contribution in [1.82, 2.24) is 0 Å². The molecule has 0 atom stereocenters. The highest BCUT2D eigenvalue weighted by Gasteiger charge is 2.18. The summed E-state index contributed by atoms with van der Waals surface area (Å²) in [5, 5.41) is 0. The molecule has 1 saturated carbocycles. The lowest BCUT2D eigenvalue weighted by molar-refractivity contribution is 0.0600. The summed E-state index contributed by atoms with van der Waals surface area (Å²) in [5.41, 5.74) is 7.82. The molecule has 0 amide bonds. The van der Waals surface area contributed by atoms with E-state index in [2.05, 4.69) is 4.74 Å². The number of benzene rings is 1. The lowest BCUT2D eigenvalue weighted by atomic mass is 9.83. The van der Waals surface area contributed by atoms with Crippen LogP contribution >= 0.6 is 12.4 Å². The average molecular weight is 284 g/mol. The minimum Gasteiger partial charge on any atom is -0.465 e. The third-order valence-electron chi connectivity index (χ3n) is 3.79. The van der Waals surface area contributed by atoms with Crippen molar-refractivity contribution >= 4 is 18.4 Å². The lowest BCUT2D eigenvalue weighted by Gasteiger charge is -2.26. The summed E-state index contributed by atoms with van der Waals surface area (Å²) >= 11 is 0. The molecule has 2 N–H and O–H groups in total. The van der Waals surface area contributed by atoms with E-state index in [9.17, 15) is 4.79 Å². The Morgan fingerprint density at radius 1 is 1.21 bits per heavy atom. The third-order valence-corrected chi connectivity index (χ3v) is 3.79. The Labute approximate surface area is 120 Å². The van der Waals surface area contributed by atoms with Crippen LogP contribution in [-0.2, 0) is 11.2 Å². The fourth-order valence-corrected chi connectivity index (χ4v) is 2.62. The quantitative estimate of drug-likeness (QED) is 0.868. The summed E-state index contributed by atoms with van der Waals surface area (Å²) in [6, 6.07) is 8.15. The van der Waals surface area contributed by atoms with Gasteiger partial charge in [0.2, 0.25) is 0 Å². The molecule has 0 saturated heterocycles. The van der Waals surface area contributed by atoms with Crippen molar-refractivity contribution in [2.75, 3.05) is 7.11 Å². The number of rotatable bonds is 3. The van der Waals surface area contributed by atoms with Gasteiger partial charge in [-0.2, -0.15) is 0 Å². The molecule has 106 valence electrons. The van der Waals surface area contributed by atoms with E-state index in [0.717, 1.165) is 25.2 Å². The van der Waals surface area contributed by atoms with Gasteiger partial charge in [-0.15, -0.1) is 12.4 Å². The first-order chi connectivity index (χ1) is 8.69. The first-order valence-electron chi connectivity index (χ1n) is 6.62. The Balaban J connectivity index is 0.00000180. The summed E-state index contributed by atoms with van der Waals surface area (Å²) in [4.78, 5) is 11.3. The first kappa shape index (κ1) is 16.0. The highest BCUT2D eigenvalue weighted by atomic mass is 35.5. The van der Waals surface area contributed by atoms with Crippen LogP contribution in [0.15, 0.2) is 24.3 Å². The van der Waals surface area contributed by atoms with Crippen molar-refractivity contribution in [2.45, 2.75) is 38.1 Å². The Morgan fingerprint density at radius 2 is 1.79 bits per heavy atom. The van der Waals surface area contributed by atoms with Gasteiger partial charge in [0, 0.05) is 6.04 Å². The number of carbonyl (C=O) groups is 1. The van der Waals surface area contributed by atoms with Gasteiger partial charge in [-0.25, -0.2) is 4.79 Å². The van der Waals surface area contributed by atoms with Gasteiger partial charge in [-0.3, -0.25) is 0 Å². The zero-order valence-corrected chi connectivity index (χ0v) is 12.1. The minimum absolute atomic E-state index is 0. The molecule has 1 aliphatic carbocycles. The standard InChI is InChI=1S/C15H21NO2.ClH/c1-18-15(17)13-6-2-11(3-7-13)10-12-4-8-14(16)9-5-12;/h2-3,6-7,12,14H,4-5,8-10,16H2,1H3;1H. The molecule has 2 rings (SSSR count). The van der Waals surface area contributed by atoms with E-state index in [4.69, 9.17) is 5.73 Å². The first-order valence-corrected chi connectivity index (χ1v) is 6.62. The number of hydrogen-bond acceptors (Lipinski definition) is 3. The largest absolute Gasteiger partial charge is 0.465 e. The molecule has 0 aromatic heterocycles. The van der Waals surface area contributed by atoms with Crippen LogP contribution in [0.4, 0.5) is 0 Å². The van der Waals surface area contributed by atoms with E-state index in [0.29, 0.717) is 11.6 Å². The van der Waals surface area contributed by atoms with E-state index in [1.807, 2.05) is 24.3 Å². The fraction of sp³-hybridized carbons (Fsp3) is 0.533. The van der Waals surface area contributed by atoms with Gasteiger partial charge in [0.25, 0.3) is 0 Å². The number of hydrogen-bond donors (Lipinski definition) is 1. The zero-order valence-electron chi connectivity index (χ0n) is 11.3. The van der Waals surface area contributed by atoms with E-state index in [1.165, 1.54) is 25.5 Å². The summed E-state index contributed by atoms with van der Waals surface area (Å²) in [5.74, 6) is 0.471. The van der Waals surface area contributed by atoms with Gasteiger partial charge in [-0.05, 0) is 55.7 Å². The maximum absolute atomic E-state index is 11.3. The van der Waals surface area contributed by atoms with E-state index in [-0.39, 0.29) is 18.4 Å². The van der Waals surface area contributed by atoms with Crippen LogP contribution in [0.1, 0.15) is 41.6 Å². The maximum Gasteiger partial charge on any atom is 0.337 e. The molecule has 1 fully saturated rings. The fourth-order valence-electron chi connectivity index (χ4n) is 2.62. The van der Waals surface area contributed by atoms with Crippen molar-refractivity contribution in [3.05, 3.63) is 35.4 Å². The zero-order chi connectivity index (χ0) is 13.0. The molecule has 0 bridgehead atoms. The Bertz CT molecular complexity index is 397. The van der Waals surface area contributed by atoms with Gasteiger partial charge >= 0.3 is 5.97 Å². The van der Waals surface area contributed by atoms with Crippen LogP contribution < -0.4 is 5.73 Å². The molecular weight excluding hydrogens is 262 g/mol. The average Bonchev–Trinajstić information content (AvgIpc) is 2.41. The normalized spacial score (nSPS) is 22.4. The minimum atomic E-state index is -0.273. The highest BCUT2D eigenvalue weighted by Crippen LogP contribution is 2.26. The lowest BCUT2D eigenvalue weighted by Crippen LogP contribution is -2.27. The molecule has 4 heteroatoms. The van der Waals surface area contributed by atoms with Crippen LogP contribution in [-0.4, -0.2) is 19.1 Å². The maximum atomic E-state index is 11.3. The molecule has 0 radical (unpaired) electrons. The van der Waals surface area contributed by atoms with Gasteiger partial charge in [0.1, 0.15) is 0 Å². The van der Waals surface area contributed by atoms with Gasteiger partial charge in [0.15, 0.2) is 0 Å². The molecule has 0 aliphatic heterocycles. The van der Waals surface area contributed by atoms with E-state index < -0.39 is 0 Å². The van der Waals surface area contributed by atoms with Gasteiger partial charge in [-0.1, -0.05) is 12.1 Å².